The Balaban J connectivity index is 2.64. The molecule has 0 unspecified atom stereocenters. The van der Waals surface area contributed by atoms with E-state index in [4.69, 9.17) is 15.0 Å². The van der Waals surface area contributed by atoms with E-state index in [2.05, 4.69) is 10.0 Å². The molecule has 0 aromatic rings. The van der Waals surface area contributed by atoms with Crippen molar-refractivity contribution in [3.05, 3.63) is 10.4 Å². The third-order valence-corrected chi connectivity index (χ3v) is 2.27. The second kappa shape index (κ2) is 5.83. The van der Waals surface area contributed by atoms with Gasteiger partial charge in [-0.3, -0.25) is 0 Å². The topological polar surface area (TPSA) is 125 Å². The second-order valence-corrected chi connectivity index (χ2v) is 3.98. The van der Waals surface area contributed by atoms with Gasteiger partial charge in [-0.05, 0) is 19.4 Å². The van der Waals surface area contributed by atoms with Gasteiger partial charge in [-0.2, -0.15) is 0 Å². The molecule has 0 saturated carbocycles. The zero-order valence-electron chi connectivity index (χ0n) is 9.55. The summed E-state index contributed by atoms with van der Waals surface area (Å²) in [6, 6.07) is 0. The van der Waals surface area contributed by atoms with E-state index in [-0.39, 0.29) is 12.6 Å². The van der Waals surface area contributed by atoms with E-state index < -0.39 is 30.4 Å². The van der Waals surface area contributed by atoms with E-state index in [0.29, 0.717) is 0 Å². The highest BCUT2D eigenvalue weighted by Crippen LogP contribution is 2.23. The van der Waals surface area contributed by atoms with Gasteiger partial charge < -0.3 is 19.7 Å². The molecule has 0 aromatic carbocycles. The maximum Gasteiger partial charge on any atom is 0.338 e. The molecule has 0 amide bonds. The van der Waals surface area contributed by atoms with Crippen LogP contribution in [-0.4, -0.2) is 53.2 Å². The number of esters is 1. The van der Waals surface area contributed by atoms with Crippen LogP contribution in [0.3, 0.4) is 0 Å². The number of azide groups is 1. The Hall–Kier alpha value is -1.34. The molecular formula is C9H15N3O5. The highest BCUT2D eigenvalue weighted by atomic mass is 16.6. The number of ether oxygens (including phenoxy) is 2. The van der Waals surface area contributed by atoms with Crippen LogP contribution in [0.1, 0.15) is 13.8 Å². The molecule has 17 heavy (non-hydrogen) atoms. The molecule has 4 atom stereocenters. The van der Waals surface area contributed by atoms with Crippen LogP contribution in [-0.2, 0) is 14.3 Å². The molecule has 1 heterocycles. The molecule has 0 bridgehead atoms. The molecule has 0 spiro atoms. The van der Waals surface area contributed by atoms with E-state index in [1.165, 1.54) is 0 Å². The Morgan fingerprint density at radius 2 is 2.18 bits per heavy atom. The van der Waals surface area contributed by atoms with E-state index in [1.54, 1.807) is 13.8 Å². The van der Waals surface area contributed by atoms with Crippen LogP contribution in [0.15, 0.2) is 5.11 Å². The van der Waals surface area contributed by atoms with Gasteiger partial charge in [0.05, 0.1) is 18.8 Å². The second-order valence-electron chi connectivity index (χ2n) is 3.98. The van der Waals surface area contributed by atoms with Gasteiger partial charge >= 0.3 is 5.97 Å². The van der Waals surface area contributed by atoms with Crippen molar-refractivity contribution in [1.82, 2.24) is 0 Å². The number of aliphatic hydroxyl groups excluding tert-OH is 2. The summed E-state index contributed by atoms with van der Waals surface area (Å²) in [6.07, 6.45) is -5.13. The lowest BCUT2D eigenvalue weighted by Gasteiger charge is -2.15. The van der Waals surface area contributed by atoms with Crippen molar-refractivity contribution < 1.29 is 24.5 Å². The average molecular weight is 245 g/mol. The van der Waals surface area contributed by atoms with Crippen LogP contribution in [0, 0.1) is 0 Å². The lowest BCUT2D eigenvalue weighted by Crippen LogP contribution is -2.38. The monoisotopic (exact) mass is 245 g/mol. The number of aliphatic hydroxyl groups is 2. The van der Waals surface area contributed by atoms with Crippen LogP contribution in [0.25, 0.3) is 10.4 Å². The molecule has 0 aliphatic carbocycles. The molecule has 0 radical (unpaired) electrons. The van der Waals surface area contributed by atoms with Gasteiger partial charge in [0.1, 0.15) is 12.2 Å². The van der Waals surface area contributed by atoms with E-state index >= 15 is 0 Å². The van der Waals surface area contributed by atoms with Crippen molar-refractivity contribution in [1.29, 1.82) is 0 Å². The van der Waals surface area contributed by atoms with Crippen LogP contribution < -0.4 is 0 Å². The summed E-state index contributed by atoms with van der Waals surface area (Å²) in [4.78, 5) is 14.0. The Labute approximate surface area is 97.8 Å². The third-order valence-electron chi connectivity index (χ3n) is 2.27. The minimum absolute atomic E-state index is 0.153. The zero-order valence-corrected chi connectivity index (χ0v) is 9.55. The summed E-state index contributed by atoms with van der Waals surface area (Å²) in [5.41, 5.74) is 8.14. The normalized spacial score (nSPS) is 32.3. The summed E-state index contributed by atoms with van der Waals surface area (Å²) >= 11 is 0. The number of carbonyl (C=O) groups is 1. The minimum atomic E-state index is -1.37. The van der Waals surface area contributed by atoms with Crippen molar-refractivity contribution in [2.75, 3.05) is 6.54 Å². The lowest BCUT2D eigenvalue weighted by molar-refractivity contribution is -0.163. The van der Waals surface area contributed by atoms with Crippen molar-refractivity contribution in [2.24, 2.45) is 5.11 Å². The first-order valence-electron chi connectivity index (χ1n) is 5.20. The zero-order chi connectivity index (χ0) is 13.0. The van der Waals surface area contributed by atoms with Crippen molar-refractivity contribution in [3.8, 4) is 0 Å². The van der Waals surface area contributed by atoms with Crippen LogP contribution in [0.2, 0.25) is 0 Å². The third kappa shape index (κ3) is 3.31. The Bertz CT molecular complexity index is 329. The highest BCUT2D eigenvalue weighted by Gasteiger charge is 2.46. The standard InChI is InChI=1S/C9H15N3O5/c1-4(2)16-9(15)8-7(14)6(13)5(17-8)3-11-12-10/h4-8,13-14H,3H2,1-2H3/t5-,6-,7-,8-/m1/s1. The average Bonchev–Trinajstić information content (AvgIpc) is 2.53. The van der Waals surface area contributed by atoms with E-state index in [9.17, 15) is 15.0 Å². The number of rotatable bonds is 4. The molecule has 1 rings (SSSR count). The van der Waals surface area contributed by atoms with Gasteiger partial charge in [0.15, 0.2) is 6.10 Å². The van der Waals surface area contributed by atoms with Gasteiger partial charge in [-0.15, -0.1) is 0 Å². The molecule has 1 saturated heterocycles. The molecule has 8 heteroatoms. The summed E-state index contributed by atoms with van der Waals surface area (Å²) in [6.45, 7) is 3.17. The molecule has 1 aliphatic heterocycles. The lowest BCUT2D eigenvalue weighted by atomic mass is 10.1. The fourth-order valence-electron chi connectivity index (χ4n) is 1.51. The smallest absolute Gasteiger partial charge is 0.338 e. The summed E-state index contributed by atoms with van der Waals surface area (Å²) in [5.74, 6) is -0.741. The van der Waals surface area contributed by atoms with Crippen molar-refractivity contribution >= 4 is 5.97 Å². The van der Waals surface area contributed by atoms with E-state index in [1.807, 2.05) is 0 Å². The summed E-state index contributed by atoms with van der Waals surface area (Å²) in [7, 11) is 0. The number of hydrogen-bond acceptors (Lipinski definition) is 6. The number of hydrogen-bond donors (Lipinski definition) is 2. The molecular weight excluding hydrogens is 230 g/mol. The predicted octanol–water partition coefficient (Wildman–Crippen LogP) is -0.263. The number of carbonyl (C=O) groups excluding carboxylic acids is 1. The Morgan fingerprint density at radius 3 is 2.71 bits per heavy atom. The first-order chi connectivity index (χ1) is 7.97. The number of nitrogens with zero attached hydrogens (tertiary/aromatic N) is 3. The fraction of sp³-hybridized carbons (Fsp3) is 0.889. The maximum atomic E-state index is 11.5. The Morgan fingerprint density at radius 1 is 1.53 bits per heavy atom. The van der Waals surface area contributed by atoms with Crippen LogP contribution in [0.4, 0.5) is 0 Å². The molecule has 0 aromatic heterocycles. The highest BCUT2D eigenvalue weighted by molar-refractivity contribution is 5.76. The van der Waals surface area contributed by atoms with Crippen LogP contribution >= 0.6 is 0 Å². The van der Waals surface area contributed by atoms with Crippen molar-refractivity contribution in [2.45, 2.75) is 44.4 Å². The summed E-state index contributed by atoms with van der Waals surface area (Å²) in [5, 5.41) is 22.4. The molecule has 96 valence electrons. The largest absolute Gasteiger partial charge is 0.461 e. The van der Waals surface area contributed by atoms with Gasteiger partial charge in [0.2, 0.25) is 0 Å². The molecule has 2 N–H and O–H groups in total. The quantitative estimate of drug-likeness (QED) is 0.305. The Kier molecular flexibility index (Phi) is 4.71. The van der Waals surface area contributed by atoms with Crippen molar-refractivity contribution in [3.63, 3.8) is 0 Å². The maximum absolute atomic E-state index is 11.5. The van der Waals surface area contributed by atoms with Gasteiger partial charge in [-0.1, -0.05) is 5.11 Å². The molecule has 1 fully saturated rings. The predicted molar refractivity (Wildman–Crippen MR) is 55.9 cm³/mol. The molecule has 8 nitrogen and oxygen atoms in total. The summed E-state index contributed by atoms with van der Waals surface area (Å²) < 4.78 is 9.98. The molecule has 1 aliphatic rings. The minimum Gasteiger partial charge on any atom is -0.461 e. The van der Waals surface area contributed by atoms with Crippen LogP contribution in [0.5, 0.6) is 0 Å². The SMILES string of the molecule is CC(C)OC(=O)[C@@H]1O[C@H](CN=[N+]=[N-])[C@@H](O)[C@H]1O. The van der Waals surface area contributed by atoms with E-state index in [0.717, 1.165) is 0 Å². The van der Waals surface area contributed by atoms with Gasteiger partial charge in [-0.25, -0.2) is 4.79 Å². The first-order valence-corrected chi connectivity index (χ1v) is 5.20. The van der Waals surface area contributed by atoms with Gasteiger partial charge in [0.25, 0.3) is 0 Å². The first kappa shape index (κ1) is 13.7. The fourth-order valence-corrected chi connectivity index (χ4v) is 1.51. The van der Waals surface area contributed by atoms with Gasteiger partial charge in [0, 0.05) is 4.91 Å².